The van der Waals surface area contributed by atoms with Crippen LogP contribution in [-0.4, -0.2) is 16.9 Å². The van der Waals surface area contributed by atoms with Gasteiger partial charge in [0.15, 0.2) is 5.78 Å². The third-order valence-corrected chi connectivity index (χ3v) is 3.36. The van der Waals surface area contributed by atoms with Crippen molar-refractivity contribution >= 4 is 33.3 Å². The van der Waals surface area contributed by atoms with Gasteiger partial charge in [0.2, 0.25) is 0 Å². The summed E-state index contributed by atoms with van der Waals surface area (Å²) in [5, 5.41) is 8.84. The summed E-state index contributed by atoms with van der Waals surface area (Å²) in [6.07, 6.45) is 0.470. The van der Waals surface area contributed by atoms with E-state index in [1.807, 2.05) is 19.1 Å². The Kier molecular flexibility index (Phi) is 3.15. The molecule has 0 amide bonds. The summed E-state index contributed by atoms with van der Waals surface area (Å²) >= 11 is 3.32. The first-order valence-corrected chi connectivity index (χ1v) is 6.12. The smallest absolute Gasteiger partial charge is 0.307 e. The van der Waals surface area contributed by atoms with E-state index in [0.29, 0.717) is 17.6 Å². The first-order valence-electron chi connectivity index (χ1n) is 5.33. The van der Waals surface area contributed by atoms with Crippen LogP contribution in [0.3, 0.4) is 0 Å². The van der Waals surface area contributed by atoms with Crippen LogP contribution < -0.4 is 0 Å². The molecule has 0 aliphatic heterocycles. The van der Waals surface area contributed by atoms with Crippen LogP contribution in [0.5, 0.6) is 0 Å². The van der Waals surface area contributed by atoms with Crippen molar-refractivity contribution < 1.29 is 14.7 Å². The molecule has 0 heterocycles. The fourth-order valence-electron chi connectivity index (χ4n) is 2.17. The van der Waals surface area contributed by atoms with Crippen LogP contribution in [-0.2, 0) is 4.79 Å². The van der Waals surface area contributed by atoms with Gasteiger partial charge in [-0.1, -0.05) is 28.9 Å². The molecule has 0 saturated heterocycles. The molecule has 4 heteroatoms. The molecule has 2 rings (SSSR count). The lowest BCUT2D eigenvalue weighted by Crippen LogP contribution is -2.05. The van der Waals surface area contributed by atoms with Crippen molar-refractivity contribution in [3.63, 3.8) is 0 Å². The van der Waals surface area contributed by atoms with Crippen molar-refractivity contribution in [2.75, 3.05) is 0 Å². The summed E-state index contributed by atoms with van der Waals surface area (Å²) in [6, 6.07) is 5.48. The van der Waals surface area contributed by atoms with Crippen molar-refractivity contribution in [2.24, 2.45) is 0 Å². The molecule has 0 atom stereocenters. The van der Waals surface area contributed by atoms with Crippen LogP contribution in [0.2, 0.25) is 0 Å². The molecule has 17 heavy (non-hydrogen) atoms. The van der Waals surface area contributed by atoms with Crippen molar-refractivity contribution in [3.8, 4) is 0 Å². The number of benzene rings is 1. The van der Waals surface area contributed by atoms with Crippen LogP contribution in [0.25, 0.3) is 5.57 Å². The second kappa shape index (κ2) is 4.45. The van der Waals surface area contributed by atoms with Gasteiger partial charge >= 0.3 is 5.97 Å². The highest BCUT2D eigenvalue weighted by atomic mass is 79.9. The Hall–Kier alpha value is -1.42. The zero-order valence-electron chi connectivity index (χ0n) is 9.29. The lowest BCUT2D eigenvalue weighted by molar-refractivity contribution is -0.136. The predicted octanol–water partition coefficient (Wildman–Crippen LogP) is 3.28. The average molecular weight is 295 g/mol. The van der Waals surface area contributed by atoms with E-state index in [0.717, 1.165) is 15.6 Å². The molecule has 1 aromatic rings. The van der Waals surface area contributed by atoms with Crippen molar-refractivity contribution in [2.45, 2.75) is 19.8 Å². The normalized spacial score (nSPS) is 14.1. The number of hydrogen-bond acceptors (Lipinski definition) is 2. The molecule has 1 N–H and O–H groups in total. The maximum Gasteiger partial charge on any atom is 0.307 e. The number of carboxylic acid groups (broad SMARTS) is 1. The van der Waals surface area contributed by atoms with Gasteiger partial charge in [0, 0.05) is 15.6 Å². The molecule has 1 aliphatic carbocycles. The first kappa shape index (κ1) is 12.0. The lowest BCUT2D eigenvalue weighted by atomic mass is 10.0. The van der Waals surface area contributed by atoms with E-state index in [9.17, 15) is 9.59 Å². The molecule has 88 valence electrons. The highest BCUT2D eigenvalue weighted by molar-refractivity contribution is 9.10. The van der Waals surface area contributed by atoms with Gasteiger partial charge in [-0.05, 0) is 29.7 Å². The van der Waals surface area contributed by atoms with E-state index in [2.05, 4.69) is 15.9 Å². The third-order valence-electron chi connectivity index (χ3n) is 2.87. The molecule has 0 radical (unpaired) electrons. The van der Waals surface area contributed by atoms with Crippen LogP contribution in [0.15, 0.2) is 28.2 Å². The number of fused-ring (bicyclic) bond motifs is 1. The van der Waals surface area contributed by atoms with Crippen LogP contribution >= 0.6 is 15.9 Å². The van der Waals surface area contributed by atoms with Gasteiger partial charge in [-0.15, -0.1) is 0 Å². The summed E-state index contributed by atoms with van der Waals surface area (Å²) in [4.78, 5) is 22.9. The number of Topliss-reactive ketones (excluding diaryl/α,β-unsaturated/α-hetero) is 1. The van der Waals surface area contributed by atoms with Gasteiger partial charge in [0.25, 0.3) is 0 Å². The van der Waals surface area contributed by atoms with E-state index in [-0.39, 0.29) is 12.2 Å². The SMILES string of the molecule is CCC1=C(CC(=O)O)C(=O)c2cc(Br)ccc21. The van der Waals surface area contributed by atoms with E-state index in [1.54, 1.807) is 6.07 Å². The number of carbonyl (C=O) groups excluding carboxylic acids is 1. The highest BCUT2D eigenvalue weighted by Gasteiger charge is 2.29. The summed E-state index contributed by atoms with van der Waals surface area (Å²) in [5.74, 6) is -1.12. The fraction of sp³-hybridized carbons (Fsp3) is 0.231. The molecule has 0 fully saturated rings. The zero-order valence-corrected chi connectivity index (χ0v) is 10.9. The highest BCUT2D eigenvalue weighted by Crippen LogP contribution is 2.37. The Morgan fingerprint density at radius 2 is 2.00 bits per heavy atom. The van der Waals surface area contributed by atoms with Crippen LogP contribution in [0, 0.1) is 0 Å². The van der Waals surface area contributed by atoms with Crippen LogP contribution in [0.1, 0.15) is 35.7 Å². The molecule has 0 saturated carbocycles. The number of ketones is 1. The van der Waals surface area contributed by atoms with Crippen molar-refractivity contribution in [1.82, 2.24) is 0 Å². The summed E-state index contributed by atoms with van der Waals surface area (Å²) in [6.45, 7) is 1.93. The fourth-order valence-corrected chi connectivity index (χ4v) is 2.53. The quantitative estimate of drug-likeness (QED) is 0.931. The van der Waals surface area contributed by atoms with Gasteiger partial charge in [-0.25, -0.2) is 0 Å². The number of halogens is 1. The Balaban J connectivity index is 2.55. The molecule has 3 nitrogen and oxygen atoms in total. The Bertz CT molecular complexity index is 544. The van der Waals surface area contributed by atoms with E-state index < -0.39 is 5.97 Å². The maximum atomic E-state index is 12.1. The Labute approximate surface area is 107 Å². The monoisotopic (exact) mass is 294 g/mol. The molecular weight excluding hydrogens is 284 g/mol. The van der Waals surface area contributed by atoms with E-state index in [4.69, 9.17) is 5.11 Å². The first-order chi connectivity index (χ1) is 8.04. The minimum absolute atomic E-state index is 0.152. The second-order valence-corrected chi connectivity index (χ2v) is 4.82. The minimum atomic E-state index is -0.967. The van der Waals surface area contributed by atoms with Crippen molar-refractivity contribution in [1.29, 1.82) is 0 Å². The second-order valence-electron chi connectivity index (χ2n) is 3.90. The molecule has 1 aliphatic rings. The standard InChI is InChI=1S/C13H11BrO3/c1-2-8-9-4-3-7(14)5-10(9)13(17)11(8)6-12(15)16/h3-5H,2,6H2,1H3,(H,15,16). The Morgan fingerprint density at radius 1 is 1.29 bits per heavy atom. The van der Waals surface area contributed by atoms with Crippen LogP contribution in [0.4, 0.5) is 0 Å². The zero-order chi connectivity index (χ0) is 12.6. The summed E-state index contributed by atoms with van der Waals surface area (Å²) in [5.41, 5.74) is 2.76. The third kappa shape index (κ3) is 2.05. The van der Waals surface area contributed by atoms with Crippen molar-refractivity contribution in [3.05, 3.63) is 39.4 Å². The van der Waals surface area contributed by atoms with Gasteiger partial charge < -0.3 is 5.11 Å². The molecule has 0 unspecified atom stereocenters. The maximum absolute atomic E-state index is 12.1. The summed E-state index contributed by atoms with van der Waals surface area (Å²) < 4.78 is 0.830. The molecule has 0 bridgehead atoms. The molecule has 0 aromatic heterocycles. The van der Waals surface area contributed by atoms with Gasteiger partial charge in [-0.2, -0.15) is 0 Å². The molecule has 0 spiro atoms. The number of aliphatic carboxylic acids is 1. The van der Waals surface area contributed by atoms with E-state index in [1.165, 1.54) is 0 Å². The number of carbonyl (C=O) groups is 2. The average Bonchev–Trinajstić information content (AvgIpc) is 2.52. The largest absolute Gasteiger partial charge is 0.481 e. The topological polar surface area (TPSA) is 54.4 Å². The molecule has 1 aromatic carbocycles. The predicted molar refractivity (Wildman–Crippen MR) is 67.9 cm³/mol. The number of rotatable bonds is 3. The number of allylic oxidation sites excluding steroid dienone is 1. The number of carboxylic acids is 1. The van der Waals surface area contributed by atoms with E-state index >= 15 is 0 Å². The van der Waals surface area contributed by atoms with Gasteiger partial charge in [0.05, 0.1) is 6.42 Å². The minimum Gasteiger partial charge on any atom is -0.481 e. The summed E-state index contributed by atoms with van der Waals surface area (Å²) in [7, 11) is 0. The molecular formula is C13H11BrO3. The van der Waals surface area contributed by atoms with Gasteiger partial charge in [-0.3, -0.25) is 9.59 Å². The Morgan fingerprint density at radius 3 is 2.59 bits per heavy atom. The number of hydrogen-bond donors (Lipinski definition) is 1. The lowest BCUT2D eigenvalue weighted by Gasteiger charge is -2.02. The van der Waals surface area contributed by atoms with Gasteiger partial charge in [0.1, 0.15) is 0 Å².